The van der Waals surface area contributed by atoms with E-state index in [-0.39, 0.29) is 12.8 Å². The summed E-state index contributed by atoms with van der Waals surface area (Å²) in [6, 6.07) is 0. The van der Waals surface area contributed by atoms with Gasteiger partial charge in [-0.05, 0) is 104 Å². The SMILES string of the molecule is C=Cc1c2[nH]c(c1C)/C=c1\[nH]/c(c(C)c1[C@@H]1CS1)=C\c1[nH]c(c(CCC(=O)O)c1C)/C=c1\[nH]/c(c(C)c1CCC(=O)O)=C\2. The molecule has 2 aliphatic heterocycles. The normalized spacial score (nSPS) is 18.4. The number of carboxylic acids is 2. The van der Waals surface area contributed by atoms with Crippen LogP contribution in [0.25, 0.3) is 30.4 Å². The van der Waals surface area contributed by atoms with Gasteiger partial charge in [-0.25, -0.2) is 0 Å². The number of thioether (sulfide) groups is 1. The smallest absolute Gasteiger partial charge is 0.303 e. The van der Waals surface area contributed by atoms with Crippen molar-refractivity contribution in [2.75, 3.05) is 5.75 Å². The first-order valence-electron chi connectivity index (χ1n) is 14.5. The minimum absolute atomic E-state index is 0.00206. The van der Waals surface area contributed by atoms with Gasteiger partial charge in [0.05, 0.1) is 0 Å². The van der Waals surface area contributed by atoms with Crippen molar-refractivity contribution in [2.45, 2.75) is 58.6 Å². The second kappa shape index (κ2) is 11.0. The summed E-state index contributed by atoms with van der Waals surface area (Å²) in [6.45, 7) is 12.4. The maximum absolute atomic E-state index is 11.6. The molecule has 0 spiro atoms. The molecule has 6 heterocycles. The van der Waals surface area contributed by atoms with Gasteiger partial charge >= 0.3 is 11.9 Å². The van der Waals surface area contributed by atoms with E-state index >= 15 is 0 Å². The number of aromatic nitrogens is 4. The van der Waals surface area contributed by atoms with Crippen molar-refractivity contribution in [1.82, 2.24) is 19.9 Å². The van der Waals surface area contributed by atoms with Crippen LogP contribution < -0.4 is 21.4 Å². The van der Waals surface area contributed by atoms with Gasteiger partial charge in [0.1, 0.15) is 0 Å². The fourth-order valence-electron chi connectivity index (χ4n) is 6.29. The van der Waals surface area contributed by atoms with E-state index in [1.807, 2.05) is 37.8 Å². The molecule has 222 valence electrons. The van der Waals surface area contributed by atoms with Gasteiger partial charge < -0.3 is 30.1 Å². The van der Waals surface area contributed by atoms with Gasteiger partial charge in [0.15, 0.2) is 0 Å². The molecule has 6 N–H and O–H groups in total. The van der Waals surface area contributed by atoms with Crippen molar-refractivity contribution in [1.29, 1.82) is 0 Å². The van der Waals surface area contributed by atoms with Crippen molar-refractivity contribution in [3.63, 3.8) is 0 Å². The molecule has 4 aromatic rings. The first-order chi connectivity index (χ1) is 20.5. The second-order valence-electron chi connectivity index (χ2n) is 11.5. The monoisotopic (exact) mass is 596 g/mol. The summed E-state index contributed by atoms with van der Waals surface area (Å²) in [5.74, 6) is -0.614. The zero-order chi connectivity index (χ0) is 30.6. The molecule has 9 heteroatoms. The Morgan fingerprint density at radius 3 is 1.93 bits per heavy atom. The number of fused-ring (bicyclic) bond motifs is 8. The van der Waals surface area contributed by atoms with E-state index in [9.17, 15) is 19.8 Å². The van der Waals surface area contributed by atoms with Gasteiger partial charge in [-0.15, -0.1) is 0 Å². The summed E-state index contributed by atoms with van der Waals surface area (Å²) >= 11 is 1.94. The van der Waals surface area contributed by atoms with E-state index in [0.717, 1.165) is 83.3 Å². The van der Waals surface area contributed by atoms with Crippen LogP contribution in [0.4, 0.5) is 0 Å². The first-order valence-corrected chi connectivity index (χ1v) is 15.5. The molecule has 2 aliphatic rings. The van der Waals surface area contributed by atoms with Crippen LogP contribution in [0.5, 0.6) is 0 Å². The Labute approximate surface area is 253 Å². The van der Waals surface area contributed by atoms with Crippen LogP contribution in [0.3, 0.4) is 0 Å². The van der Waals surface area contributed by atoms with Crippen molar-refractivity contribution in [3.8, 4) is 0 Å². The van der Waals surface area contributed by atoms with E-state index in [1.54, 1.807) is 0 Å². The lowest BCUT2D eigenvalue weighted by atomic mass is 10.0. The van der Waals surface area contributed by atoms with E-state index in [4.69, 9.17) is 0 Å². The lowest BCUT2D eigenvalue weighted by Crippen LogP contribution is -2.14. The Balaban J connectivity index is 1.71. The van der Waals surface area contributed by atoms with Gasteiger partial charge in [0.2, 0.25) is 0 Å². The fraction of sp³-hybridized carbons (Fsp3) is 0.294. The largest absolute Gasteiger partial charge is 0.481 e. The predicted molar refractivity (Wildman–Crippen MR) is 172 cm³/mol. The fourth-order valence-corrected chi connectivity index (χ4v) is 7.03. The zero-order valence-electron chi connectivity index (χ0n) is 24.8. The highest BCUT2D eigenvalue weighted by Crippen LogP contribution is 2.45. The Bertz CT molecular complexity index is 2060. The highest BCUT2D eigenvalue weighted by atomic mass is 32.2. The Morgan fingerprint density at radius 2 is 1.28 bits per heavy atom. The molecule has 0 aliphatic carbocycles. The highest BCUT2D eigenvalue weighted by Gasteiger charge is 2.29. The van der Waals surface area contributed by atoms with Crippen LogP contribution in [-0.2, 0) is 22.4 Å². The summed E-state index contributed by atoms with van der Waals surface area (Å²) in [7, 11) is 0. The maximum Gasteiger partial charge on any atom is 0.303 e. The summed E-state index contributed by atoms with van der Waals surface area (Å²) in [5, 5.41) is 23.2. The minimum Gasteiger partial charge on any atom is -0.481 e. The van der Waals surface area contributed by atoms with Crippen LogP contribution >= 0.6 is 11.8 Å². The van der Waals surface area contributed by atoms with Crippen molar-refractivity contribution in [3.05, 3.63) is 95.3 Å². The molecule has 4 aromatic heterocycles. The molecule has 1 saturated heterocycles. The molecular weight excluding hydrogens is 560 g/mol. The first kappa shape index (κ1) is 28.7. The molecule has 8 bridgehead atoms. The Hall–Kier alpha value is -4.37. The lowest BCUT2D eigenvalue weighted by Gasteiger charge is -2.01. The van der Waals surface area contributed by atoms with E-state index in [2.05, 4.69) is 58.6 Å². The molecule has 0 saturated carbocycles. The van der Waals surface area contributed by atoms with Crippen molar-refractivity contribution < 1.29 is 19.8 Å². The highest BCUT2D eigenvalue weighted by molar-refractivity contribution is 8.06. The van der Waals surface area contributed by atoms with Gasteiger partial charge in [-0.3, -0.25) is 9.59 Å². The van der Waals surface area contributed by atoms with Crippen molar-refractivity contribution in [2.24, 2.45) is 0 Å². The third-order valence-corrected chi connectivity index (χ3v) is 9.73. The van der Waals surface area contributed by atoms with Crippen molar-refractivity contribution >= 4 is 54.1 Å². The van der Waals surface area contributed by atoms with E-state index in [1.165, 1.54) is 11.1 Å². The number of rotatable bonds is 8. The van der Waals surface area contributed by atoms with Crippen LogP contribution in [0.2, 0.25) is 0 Å². The average Bonchev–Trinajstić information content (AvgIpc) is 3.50. The number of hydrogen-bond acceptors (Lipinski definition) is 3. The number of aliphatic carboxylic acids is 2. The minimum atomic E-state index is -0.858. The summed E-state index contributed by atoms with van der Waals surface area (Å²) < 4.78 is 0. The summed E-state index contributed by atoms with van der Waals surface area (Å²) in [4.78, 5) is 37.6. The molecule has 0 unspecified atom stereocenters. The zero-order valence-corrected chi connectivity index (χ0v) is 25.6. The van der Waals surface area contributed by atoms with Crippen LogP contribution in [0.15, 0.2) is 6.58 Å². The molecule has 43 heavy (non-hydrogen) atoms. The maximum atomic E-state index is 11.6. The topological polar surface area (TPSA) is 138 Å². The molecule has 1 atom stereocenters. The van der Waals surface area contributed by atoms with E-state index < -0.39 is 11.9 Å². The number of carboxylic acid groups (broad SMARTS) is 2. The number of H-pyrrole nitrogens is 4. The Morgan fingerprint density at radius 1 is 0.744 bits per heavy atom. The van der Waals surface area contributed by atoms with Gasteiger partial charge in [0, 0.05) is 73.6 Å². The standard InChI is InChI=1S/C34H36N4O4S/c1-6-20-16(2)25-13-30-34(31-15-43-31)19(5)26(38-30)11-23-17(3)21(7-9-32(39)40)28(36-23)14-29-22(8-10-33(41)42)18(4)24(37-29)12-27(20)35-25/h6,11-14,31,35-38H,1,7-10,15H2,2-5H3,(H,39,40)(H,41,42)/b23-11?,24-12-,25-13?,26-11-,27-12?,28-14?,29-14-,30-13-/t31-/m0/s1. The molecule has 0 aromatic carbocycles. The number of hydrogen-bond donors (Lipinski definition) is 6. The third kappa shape index (κ3) is 5.33. The molecule has 6 rings (SSSR count). The molecule has 1 fully saturated rings. The summed E-state index contributed by atoms with van der Waals surface area (Å²) in [5.41, 5.74) is 12.1. The quantitative estimate of drug-likeness (QED) is 0.153. The second-order valence-corrected chi connectivity index (χ2v) is 12.7. The van der Waals surface area contributed by atoms with Crippen LogP contribution in [-0.4, -0.2) is 47.8 Å². The molecule has 0 amide bonds. The number of carbonyl (C=O) groups is 2. The average molecular weight is 597 g/mol. The summed E-state index contributed by atoms with van der Waals surface area (Å²) in [6.07, 6.45) is 11.0. The van der Waals surface area contributed by atoms with Crippen LogP contribution in [0, 0.1) is 27.7 Å². The number of nitrogens with one attached hydrogen (secondary N) is 4. The van der Waals surface area contributed by atoms with Gasteiger partial charge in [0.25, 0.3) is 0 Å². The van der Waals surface area contributed by atoms with E-state index in [0.29, 0.717) is 18.1 Å². The van der Waals surface area contributed by atoms with Crippen LogP contribution in [0.1, 0.15) is 85.4 Å². The third-order valence-electron chi connectivity index (χ3n) is 8.83. The molecule has 0 radical (unpaired) electrons. The molecule has 8 nitrogen and oxygen atoms in total. The Kier molecular flexibility index (Phi) is 7.38. The van der Waals surface area contributed by atoms with Gasteiger partial charge in [-0.1, -0.05) is 12.7 Å². The lowest BCUT2D eigenvalue weighted by molar-refractivity contribution is -0.138. The molecular formula is C34H36N4O4S. The van der Waals surface area contributed by atoms with Gasteiger partial charge in [-0.2, -0.15) is 11.8 Å². The number of aromatic amines is 4. The predicted octanol–water partition coefficient (Wildman–Crippen LogP) is 3.33.